The minimum absolute atomic E-state index is 0.244. The first-order chi connectivity index (χ1) is 19.9. The van der Waals surface area contributed by atoms with Gasteiger partial charge in [0.05, 0.1) is 24.2 Å². The van der Waals surface area contributed by atoms with Gasteiger partial charge in [-0.05, 0) is 42.5 Å². The Balaban J connectivity index is 1.47. The molecule has 204 valence electrons. The Morgan fingerprint density at radius 3 is 2.63 bits per heavy atom. The first kappa shape index (κ1) is 27.3. The van der Waals surface area contributed by atoms with E-state index in [1.54, 1.807) is 30.3 Å². The van der Waals surface area contributed by atoms with Crippen molar-refractivity contribution in [3.63, 3.8) is 0 Å². The van der Waals surface area contributed by atoms with Crippen molar-refractivity contribution in [3.8, 4) is 23.1 Å². The number of para-hydroxylation sites is 2. The van der Waals surface area contributed by atoms with E-state index in [0.29, 0.717) is 44.3 Å². The number of hydrogen-bond donors (Lipinski definition) is 0. The molecule has 0 aliphatic carbocycles. The highest BCUT2D eigenvalue weighted by molar-refractivity contribution is 9.11. The fraction of sp³-hybridized carbons (Fsp3) is 0.0645. The van der Waals surface area contributed by atoms with E-state index >= 15 is 0 Å². The van der Waals surface area contributed by atoms with Crippen LogP contribution in [0.25, 0.3) is 33.5 Å². The van der Waals surface area contributed by atoms with Gasteiger partial charge < -0.3 is 13.9 Å². The fourth-order valence-electron chi connectivity index (χ4n) is 4.38. The Hall–Kier alpha value is -3.92. The molecule has 0 bridgehead atoms. The molecule has 0 N–H and O–H groups in total. The van der Waals surface area contributed by atoms with Gasteiger partial charge in [0.25, 0.3) is 5.56 Å². The second-order valence-corrected chi connectivity index (χ2v) is 11.2. The number of furan rings is 1. The summed E-state index contributed by atoms with van der Waals surface area (Å²) in [7, 11) is 1.53. The van der Waals surface area contributed by atoms with Gasteiger partial charge in [-0.25, -0.2) is 4.98 Å². The number of benzene rings is 4. The van der Waals surface area contributed by atoms with Gasteiger partial charge in [-0.15, -0.1) is 0 Å². The number of ether oxygens (including phenoxy) is 2. The van der Waals surface area contributed by atoms with Crippen LogP contribution in [0.4, 0.5) is 0 Å². The van der Waals surface area contributed by atoms with E-state index in [2.05, 4.69) is 37.0 Å². The van der Waals surface area contributed by atoms with Crippen LogP contribution in [0.1, 0.15) is 11.1 Å². The molecule has 0 aliphatic heterocycles. The number of halogens is 3. The van der Waals surface area contributed by atoms with Crippen molar-refractivity contribution in [1.29, 1.82) is 0 Å². The number of nitrogens with zero attached hydrogens (tertiary/aromatic N) is 3. The molecular formula is C31H20Br2ClN3O4. The molecule has 2 heterocycles. The van der Waals surface area contributed by atoms with Gasteiger partial charge in [-0.2, -0.15) is 9.78 Å². The van der Waals surface area contributed by atoms with Gasteiger partial charge in [0.2, 0.25) is 5.82 Å². The molecule has 0 atom stereocenters. The van der Waals surface area contributed by atoms with Gasteiger partial charge in [-0.1, -0.05) is 79.9 Å². The monoisotopic (exact) mass is 691 g/mol. The average Bonchev–Trinajstić information content (AvgIpc) is 3.41. The predicted octanol–water partition coefficient (Wildman–Crippen LogP) is 8.46. The molecule has 0 saturated heterocycles. The number of hydrogen-bond acceptors (Lipinski definition) is 6. The SMILES string of the molecule is COc1cc(Cl)cc(C=Nn2c(-c3cc4ccccc4o3)nc3ccccc3c2=O)c1OCc1ccc(Br)cc1Br. The topological polar surface area (TPSA) is 78.9 Å². The smallest absolute Gasteiger partial charge is 0.282 e. The summed E-state index contributed by atoms with van der Waals surface area (Å²) in [5.74, 6) is 1.51. The lowest BCUT2D eigenvalue weighted by molar-refractivity contribution is 0.283. The summed E-state index contributed by atoms with van der Waals surface area (Å²) in [5, 5.41) is 6.30. The number of methoxy groups -OCH3 is 1. The summed E-state index contributed by atoms with van der Waals surface area (Å²) in [4.78, 5) is 18.4. The summed E-state index contributed by atoms with van der Waals surface area (Å²) >= 11 is 13.5. The molecule has 2 aromatic heterocycles. The van der Waals surface area contributed by atoms with E-state index in [4.69, 9.17) is 30.5 Å². The van der Waals surface area contributed by atoms with Crippen LogP contribution in [0.3, 0.4) is 0 Å². The normalized spacial score (nSPS) is 11.5. The summed E-state index contributed by atoms with van der Waals surface area (Å²) in [5.41, 5.74) is 2.30. The molecular weight excluding hydrogens is 674 g/mol. The third kappa shape index (κ3) is 5.53. The van der Waals surface area contributed by atoms with E-state index in [-0.39, 0.29) is 18.0 Å². The maximum Gasteiger partial charge on any atom is 0.282 e. The zero-order valence-electron chi connectivity index (χ0n) is 21.5. The highest BCUT2D eigenvalue weighted by atomic mass is 79.9. The van der Waals surface area contributed by atoms with E-state index < -0.39 is 0 Å². The molecule has 4 aromatic carbocycles. The Morgan fingerprint density at radius 1 is 1.02 bits per heavy atom. The molecule has 41 heavy (non-hydrogen) atoms. The van der Waals surface area contributed by atoms with E-state index in [1.165, 1.54) is 18.0 Å². The fourth-order valence-corrected chi connectivity index (χ4v) is 5.76. The first-order valence-corrected chi connectivity index (χ1v) is 14.4. The molecule has 0 fully saturated rings. The van der Waals surface area contributed by atoms with Crippen LogP contribution in [0, 0.1) is 0 Å². The van der Waals surface area contributed by atoms with Crippen molar-refractivity contribution < 1.29 is 13.9 Å². The molecule has 0 radical (unpaired) electrons. The molecule has 6 rings (SSSR count). The van der Waals surface area contributed by atoms with Gasteiger partial charge in [-0.3, -0.25) is 4.79 Å². The molecule has 7 nitrogen and oxygen atoms in total. The molecule has 0 amide bonds. The van der Waals surface area contributed by atoms with Crippen LogP contribution in [0.15, 0.2) is 108 Å². The van der Waals surface area contributed by atoms with Crippen LogP contribution >= 0.6 is 43.5 Å². The highest BCUT2D eigenvalue weighted by Gasteiger charge is 2.18. The van der Waals surface area contributed by atoms with Crippen molar-refractivity contribution in [2.75, 3.05) is 7.11 Å². The van der Waals surface area contributed by atoms with Crippen molar-refractivity contribution in [2.45, 2.75) is 6.61 Å². The van der Waals surface area contributed by atoms with Crippen molar-refractivity contribution >= 4 is 71.5 Å². The van der Waals surface area contributed by atoms with Gasteiger partial charge in [0, 0.05) is 36.5 Å². The third-order valence-electron chi connectivity index (χ3n) is 6.37. The molecule has 0 unspecified atom stereocenters. The van der Waals surface area contributed by atoms with E-state index in [1.807, 2.05) is 54.6 Å². The van der Waals surface area contributed by atoms with Crippen LogP contribution in [-0.2, 0) is 6.61 Å². The first-order valence-electron chi connectivity index (χ1n) is 12.4. The standard InChI is InChI=1S/C31H20Br2ClN3O4/c1-39-27-15-22(34)12-20(29(27)40-17-19-10-11-21(32)14-24(19)33)16-35-37-30(28-13-18-6-2-5-9-26(18)41-28)36-25-8-4-3-7-23(25)31(37)38/h2-16H,17H2,1H3. The van der Waals surface area contributed by atoms with Gasteiger partial charge in [0.15, 0.2) is 17.3 Å². The maximum atomic E-state index is 13.7. The average molecular weight is 694 g/mol. The summed E-state index contributed by atoms with van der Waals surface area (Å²) in [6.45, 7) is 0.244. The molecule has 0 aliphatic rings. The Morgan fingerprint density at radius 2 is 1.83 bits per heavy atom. The van der Waals surface area contributed by atoms with Crippen molar-refractivity contribution in [1.82, 2.24) is 9.66 Å². The van der Waals surface area contributed by atoms with Gasteiger partial charge in [0.1, 0.15) is 12.2 Å². The van der Waals surface area contributed by atoms with Crippen LogP contribution in [0.2, 0.25) is 5.02 Å². The number of aromatic nitrogens is 2. The van der Waals surface area contributed by atoms with Gasteiger partial charge >= 0.3 is 0 Å². The molecule has 10 heteroatoms. The minimum Gasteiger partial charge on any atom is -0.493 e. The quantitative estimate of drug-likeness (QED) is 0.157. The summed E-state index contributed by atoms with van der Waals surface area (Å²) in [6.07, 6.45) is 1.50. The molecule has 6 aromatic rings. The Kier molecular flexibility index (Phi) is 7.66. The van der Waals surface area contributed by atoms with E-state index in [0.717, 1.165) is 19.9 Å². The van der Waals surface area contributed by atoms with Crippen LogP contribution in [-0.4, -0.2) is 23.0 Å². The molecule has 0 spiro atoms. The lowest BCUT2D eigenvalue weighted by Gasteiger charge is -2.15. The second-order valence-electron chi connectivity index (χ2n) is 9.01. The third-order valence-corrected chi connectivity index (χ3v) is 7.82. The Labute approximate surface area is 256 Å². The largest absolute Gasteiger partial charge is 0.493 e. The zero-order valence-corrected chi connectivity index (χ0v) is 25.4. The number of rotatable bonds is 7. The second kappa shape index (κ2) is 11.5. The number of fused-ring (bicyclic) bond motifs is 2. The predicted molar refractivity (Wildman–Crippen MR) is 168 cm³/mol. The van der Waals surface area contributed by atoms with Crippen molar-refractivity contribution in [2.24, 2.45) is 5.10 Å². The van der Waals surface area contributed by atoms with Crippen LogP contribution < -0.4 is 15.0 Å². The lowest BCUT2D eigenvalue weighted by atomic mass is 10.2. The minimum atomic E-state index is -0.349. The zero-order chi connectivity index (χ0) is 28.5. The molecule has 0 saturated carbocycles. The summed E-state index contributed by atoms with van der Waals surface area (Å²) in [6, 6.07) is 25.7. The lowest BCUT2D eigenvalue weighted by Crippen LogP contribution is -2.20. The van der Waals surface area contributed by atoms with Crippen molar-refractivity contribution in [3.05, 3.63) is 120 Å². The maximum absolute atomic E-state index is 13.7. The summed E-state index contributed by atoms with van der Waals surface area (Å²) < 4.78 is 20.9. The van der Waals surface area contributed by atoms with E-state index in [9.17, 15) is 4.79 Å². The highest BCUT2D eigenvalue weighted by Crippen LogP contribution is 2.35. The van der Waals surface area contributed by atoms with Crippen LogP contribution in [0.5, 0.6) is 11.5 Å². The Bertz CT molecular complexity index is 1990.